The van der Waals surface area contributed by atoms with E-state index < -0.39 is 0 Å². The third-order valence-corrected chi connectivity index (χ3v) is 5.33. The number of aromatic nitrogens is 4. The minimum Gasteiger partial charge on any atom is -0.337 e. The quantitative estimate of drug-likeness (QED) is 0.760. The molecule has 28 heavy (non-hydrogen) atoms. The van der Waals surface area contributed by atoms with E-state index in [-0.39, 0.29) is 17.4 Å². The van der Waals surface area contributed by atoms with Crippen LogP contribution in [0.3, 0.4) is 0 Å². The summed E-state index contributed by atoms with van der Waals surface area (Å²) in [6, 6.07) is 11.3. The van der Waals surface area contributed by atoms with Gasteiger partial charge in [-0.3, -0.25) is 14.7 Å². The van der Waals surface area contributed by atoms with Crippen LogP contribution in [0.5, 0.6) is 0 Å². The van der Waals surface area contributed by atoms with Crippen molar-refractivity contribution in [3.05, 3.63) is 69.9 Å². The molecule has 3 aromatic rings. The molecule has 0 aliphatic carbocycles. The topological polar surface area (TPSA) is 83.9 Å². The molecule has 1 aliphatic heterocycles. The number of rotatable bonds is 3. The van der Waals surface area contributed by atoms with Gasteiger partial charge >= 0.3 is 0 Å². The average molecular weight is 377 g/mol. The lowest BCUT2D eigenvalue weighted by molar-refractivity contribution is 0.0697. The number of carbonyl (C=O) groups excluding carboxylic acids is 1. The van der Waals surface area contributed by atoms with E-state index in [0.29, 0.717) is 18.8 Å². The van der Waals surface area contributed by atoms with E-state index in [1.807, 2.05) is 11.1 Å². The lowest BCUT2D eigenvalue weighted by atomic mass is 9.90. The summed E-state index contributed by atoms with van der Waals surface area (Å²) >= 11 is 0. The molecule has 2 aromatic heterocycles. The van der Waals surface area contributed by atoms with Crippen molar-refractivity contribution in [2.24, 2.45) is 7.05 Å². The molecule has 1 fully saturated rings. The Morgan fingerprint density at radius 3 is 2.71 bits per heavy atom. The highest BCUT2D eigenvalue weighted by atomic mass is 16.2. The summed E-state index contributed by atoms with van der Waals surface area (Å²) < 4.78 is 1.19. The van der Waals surface area contributed by atoms with Crippen molar-refractivity contribution in [1.82, 2.24) is 24.9 Å². The minimum absolute atomic E-state index is 0.142. The Bertz CT molecular complexity index is 1050. The molecule has 0 saturated carbocycles. The van der Waals surface area contributed by atoms with Crippen molar-refractivity contribution in [3.63, 3.8) is 0 Å². The Labute approximate surface area is 163 Å². The van der Waals surface area contributed by atoms with Crippen LogP contribution in [0, 0.1) is 6.92 Å². The van der Waals surface area contributed by atoms with E-state index in [9.17, 15) is 9.59 Å². The van der Waals surface area contributed by atoms with Gasteiger partial charge in [0.15, 0.2) is 0 Å². The van der Waals surface area contributed by atoms with Gasteiger partial charge in [0.1, 0.15) is 5.69 Å². The van der Waals surface area contributed by atoms with Gasteiger partial charge in [-0.05, 0) is 31.4 Å². The van der Waals surface area contributed by atoms with E-state index in [2.05, 4.69) is 46.5 Å². The van der Waals surface area contributed by atoms with Crippen molar-refractivity contribution in [3.8, 4) is 11.1 Å². The monoisotopic (exact) mass is 377 g/mol. The number of piperidine rings is 1. The Morgan fingerprint density at radius 1 is 1.18 bits per heavy atom. The Balaban J connectivity index is 1.57. The first-order valence-electron chi connectivity index (χ1n) is 9.47. The van der Waals surface area contributed by atoms with Gasteiger partial charge < -0.3 is 4.90 Å². The molecule has 4 rings (SSSR count). The normalized spacial score (nSPS) is 16.9. The molecule has 1 saturated heterocycles. The number of carbonyl (C=O) groups is 1. The smallest absolute Gasteiger partial charge is 0.274 e. The zero-order chi connectivity index (χ0) is 19.7. The Morgan fingerprint density at radius 2 is 1.96 bits per heavy atom. The molecule has 7 nitrogen and oxygen atoms in total. The summed E-state index contributed by atoms with van der Waals surface area (Å²) in [5.41, 5.74) is 4.55. The molecule has 144 valence electrons. The van der Waals surface area contributed by atoms with Gasteiger partial charge in [-0.2, -0.15) is 10.2 Å². The maximum Gasteiger partial charge on any atom is 0.274 e. The second-order valence-corrected chi connectivity index (χ2v) is 7.33. The highest BCUT2D eigenvalue weighted by Crippen LogP contribution is 2.33. The lowest BCUT2D eigenvalue weighted by Crippen LogP contribution is -2.40. The number of hydrogen-bond donors (Lipinski definition) is 1. The summed E-state index contributed by atoms with van der Waals surface area (Å²) in [7, 11) is 1.55. The first-order chi connectivity index (χ1) is 13.5. The molecular formula is C21H23N5O2. The zero-order valence-corrected chi connectivity index (χ0v) is 16.1. The fourth-order valence-corrected chi connectivity index (χ4v) is 3.75. The molecule has 0 radical (unpaired) electrons. The van der Waals surface area contributed by atoms with Crippen LogP contribution in [0.1, 0.15) is 40.5 Å². The fourth-order valence-electron chi connectivity index (χ4n) is 3.75. The van der Waals surface area contributed by atoms with Gasteiger partial charge in [0.25, 0.3) is 11.5 Å². The standard InChI is InChI=1S/C21H23N5O2/c1-14-5-7-15(8-6-14)17-12-22-23-20(17)16-4-3-11-26(13-16)21(28)18-9-10-19(27)25(2)24-18/h5-10,12,16H,3-4,11,13H2,1-2H3,(H,22,23)/t16-/m1/s1. The lowest BCUT2D eigenvalue weighted by Gasteiger charge is -2.32. The number of likely N-dealkylation sites (tertiary alicyclic amines) is 1. The van der Waals surface area contributed by atoms with Gasteiger partial charge in [0.2, 0.25) is 0 Å². The molecule has 0 bridgehead atoms. The summed E-state index contributed by atoms with van der Waals surface area (Å²) in [6.07, 6.45) is 3.76. The van der Waals surface area contributed by atoms with Gasteiger partial charge in [0.05, 0.1) is 6.20 Å². The van der Waals surface area contributed by atoms with Crippen molar-refractivity contribution >= 4 is 5.91 Å². The summed E-state index contributed by atoms with van der Waals surface area (Å²) in [4.78, 5) is 26.2. The van der Waals surface area contributed by atoms with Crippen LogP contribution in [0.2, 0.25) is 0 Å². The van der Waals surface area contributed by atoms with Crippen molar-refractivity contribution in [1.29, 1.82) is 0 Å². The molecule has 1 aliphatic rings. The maximum absolute atomic E-state index is 12.9. The number of aromatic amines is 1. The van der Waals surface area contributed by atoms with Gasteiger partial charge in [0, 0.05) is 43.4 Å². The van der Waals surface area contributed by atoms with Gasteiger partial charge in [-0.1, -0.05) is 29.8 Å². The van der Waals surface area contributed by atoms with E-state index in [1.165, 1.54) is 22.4 Å². The number of hydrogen-bond acceptors (Lipinski definition) is 4. The van der Waals surface area contributed by atoms with Crippen LogP contribution in [0.15, 0.2) is 47.4 Å². The first-order valence-corrected chi connectivity index (χ1v) is 9.47. The third-order valence-electron chi connectivity index (χ3n) is 5.33. The average Bonchev–Trinajstić information content (AvgIpc) is 3.20. The Hall–Kier alpha value is -3.22. The van der Waals surface area contributed by atoms with Gasteiger partial charge in [-0.25, -0.2) is 4.68 Å². The maximum atomic E-state index is 12.9. The summed E-state index contributed by atoms with van der Waals surface area (Å²) in [5, 5.41) is 11.5. The number of nitrogens with one attached hydrogen (secondary N) is 1. The predicted octanol–water partition coefficient (Wildman–Crippen LogP) is 2.50. The number of aryl methyl sites for hydroxylation is 2. The van der Waals surface area contributed by atoms with Gasteiger partial charge in [-0.15, -0.1) is 0 Å². The van der Waals surface area contributed by atoms with E-state index in [1.54, 1.807) is 7.05 Å². The van der Waals surface area contributed by atoms with Crippen molar-refractivity contribution in [2.45, 2.75) is 25.7 Å². The SMILES string of the molecule is Cc1ccc(-c2cn[nH]c2[C@@H]2CCCN(C(=O)c3ccc(=O)n(C)n3)C2)cc1. The summed E-state index contributed by atoms with van der Waals surface area (Å²) in [5.74, 6) is 0.0423. The van der Waals surface area contributed by atoms with Crippen LogP contribution in [-0.4, -0.2) is 43.9 Å². The molecule has 1 atom stereocenters. The van der Waals surface area contributed by atoms with E-state index in [0.717, 1.165) is 29.7 Å². The number of benzene rings is 1. The summed E-state index contributed by atoms with van der Waals surface area (Å²) in [6.45, 7) is 3.36. The number of amides is 1. The highest BCUT2D eigenvalue weighted by Gasteiger charge is 2.29. The molecule has 0 spiro atoms. The van der Waals surface area contributed by atoms with E-state index in [4.69, 9.17) is 0 Å². The predicted molar refractivity (Wildman–Crippen MR) is 106 cm³/mol. The molecule has 1 aromatic carbocycles. The molecule has 3 heterocycles. The van der Waals surface area contributed by atoms with Crippen molar-refractivity contribution < 1.29 is 4.79 Å². The zero-order valence-electron chi connectivity index (χ0n) is 16.1. The van der Waals surface area contributed by atoms with Crippen LogP contribution in [0.4, 0.5) is 0 Å². The van der Waals surface area contributed by atoms with Crippen LogP contribution in [-0.2, 0) is 7.05 Å². The molecule has 7 heteroatoms. The second kappa shape index (κ2) is 7.42. The highest BCUT2D eigenvalue weighted by molar-refractivity contribution is 5.92. The molecule has 1 amide bonds. The van der Waals surface area contributed by atoms with Crippen LogP contribution in [0.25, 0.3) is 11.1 Å². The Kier molecular flexibility index (Phi) is 4.81. The van der Waals surface area contributed by atoms with E-state index >= 15 is 0 Å². The number of H-pyrrole nitrogens is 1. The molecule has 1 N–H and O–H groups in total. The van der Waals surface area contributed by atoms with Crippen LogP contribution >= 0.6 is 0 Å². The molecule has 0 unspecified atom stereocenters. The fraction of sp³-hybridized carbons (Fsp3) is 0.333. The second-order valence-electron chi connectivity index (χ2n) is 7.33. The minimum atomic E-state index is -0.228. The van der Waals surface area contributed by atoms with Crippen molar-refractivity contribution in [2.75, 3.05) is 13.1 Å². The largest absolute Gasteiger partial charge is 0.337 e. The first kappa shape index (κ1) is 18.2. The van der Waals surface area contributed by atoms with Crippen LogP contribution < -0.4 is 5.56 Å². The number of nitrogens with zero attached hydrogens (tertiary/aromatic N) is 4. The molecular weight excluding hydrogens is 354 g/mol. The third kappa shape index (κ3) is 3.47.